The molecule has 2 N–H and O–H groups in total. The van der Waals surface area contributed by atoms with E-state index < -0.39 is 0 Å². The molecule has 1 heterocycles. The SMILES string of the molecule is Cc1ccc(-n2nc(CN)cc2-c2ccc(C(C)C)cc2)c(C)c1. The Morgan fingerprint density at radius 1 is 1.00 bits per heavy atom. The fourth-order valence-corrected chi connectivity index (χ4v) is 3.00. The zero-order valence-electron chi connectivity index (χ0n) is 14.9. The van der Waals surface area contributed by atoms with Gasteiger partial charge in [0.15, 0.2) is 0 Å². The van der Waals surface area contributed by atoms with E-state index in [1.807, 2.05) is 4.68 Å². The Labute approximate surface area is 144 Å². The summed E-state index contributed by atoms with van der Waals surface area (Å²) in [6.07, 6.45) is 0. The van der Waals surface area contributed by atoms with Crippen LogP contribution in [0.4, 0.5) is 0 Å². The molecule has 24 heavy (non-hydrogen) atoms. The van der Waals surface area contributed by atoms with Crippen molar-refractivity contribution in [2.45, 2.75) is 40.2 Å². The van der Waals surface area contributed by atoms with Gasteiger partial charge >= 0.3 is 0 Å². The number of aromatic nitrogens is 2. The predicted octanol–water partition coefficient (Wildman–Crippen LogP) is 4.74. The van der Waals surface area contributed by atoms with Crippen LogP contribution < -0.4 is 5.73 Å². The molecule has 3 rings (SSSR count). The Morgan fingerprint density at radius 3 is 2.29 bits per heavy atom. The fraction of sp³-hybridized carbons (Fsp3) is 0.286. The molecule has 0 saturated carbocycles. The molecule has 3 aromatic rings. The van der Waals surface area contributed by atoms with Crippen molar-refractivity contribution in [2.75, 3.05) is 0 Å². The van der Waals surface area contributed by atoms with E-state index >= 15 is 0 Å². The van der Waals surface area contributed by atoms with Crippen LogP contribution in [0.2, 0.25) is 0 Å². The summed E-state index contributed by atoms with van der Waals surface area (Å²) in [5, 5.41) is 4.72. The number of benzene rings is 2. The molecule has 0 amide bonds. The zero-order chi connectivity index (χ0) is 17.3. The van der Waals surface area contributed by atoms with Crippen LogP contribution in [0.15, 0.2) is 48.5 Å². The second-order valence-electron chi connectivity index (χ2n) is 6.70. The summed E-state index contributed by atoms with van der Waals surface area (Å²) in [4.78, 5) is 0. The van der Waals surface area contributed by atoms with Crippen LogP contribution in [0.25, 0.3) is 16.9 Å². The minimum absolute atomic E-state index is 0.439. The number of nitrogens with zero attached hydrogens (tertiary/aromatic N) is 2. The van der Waals surface area contributed by atoms with Crippen molar-refractivity contribution in [3.05, 3.63) is 70.9 Å². The lowest BCUT2D eigenvalue weighted by molar-refractivity contribution is 0.832. The van der Waals surface area contributed by atoms with Gasteiger partial charge in [0.2, 0.25) is 0 Å². The number of aryl methyl sites for hydroxylation is 2. The largest absolute Gasteiger partial charge is 0.325 e. The molecule has 0 radical (unpaired) electrons. The summed E-state index contributed by atoms with van der Waals surface area (Å²) in [5.41, 5.74) is 13.9. The maximum absolute atomic E-state index is 5.84. The highest BCUT2D eigenvalue weighted by atomic mass is 15.3. The highest BCUT2D eigenvalue weighted by Crippen LogP contribution is 2.27. The van der Waals surface area contributed by atoms with Gasteiger partial charge in [-0.2, -0.15) is 5.10 Å². The first-order valence-corrected chi connectivity index (χ1v) is 8.46. The first-order valence-electron chi connectivity index (χ1n) is 8.46. The standard InChI is InChI=1S/C21H25N3/c1-14(2)17-6-8-18(9-7-17)21-12-19(13-22)23-24(21)20-10-5-15(3)11-16(20)4/h5-12,14H,13,22H2,1-4H3. The van der Waals surface area contributed by atoms with Crippen molar-refractivity contribution in [1.29, 1.82) is 0 Å². The van der Waals surface area contributed by atoms with E-state index in [2.05, 4.69) is 76.2 Å². The average Bonchev–Trinajstić information content (AvgIpc) is 2.99. The van der Waals surface area contributed by atoms with E-state index in [4.69, 9.17) is 10.8 Å². The zero-order valence-corrected chi connectivity index (χ0v) is 14.9. The Hall–Kier alpha value is -2.39. The van der Waals surface area contributed by atoms with Gasteiger partial charge < -0.3 is 5.73 Å². The van der Waals surface area contributed by atoms with Gasteiger partial charge in [0.05, 0.1) is 17.1 Å². The second kappa shape index (κ2) is 6.62. The van der Waals surface area contributed by atoms with E-state index in [1.165, 1.54) is 16.7 Å². The van der Waals surface area contributed by atoms with Crippen molar-refractivity contribution in [1.82, 2.24) is 9.78 Å². The smallest absolute Gasteiger partial charge is 0.0771 e. The lowest BCUT2D eigenvalue weighted by Crippen LogP contribution is -2.04. The minimum atomic E-state index is 0.439. The van der Waals surface area contributed by atoms with E-state index in [-0.39, 0.29) is 0 Å². The Bertz CT molecular complexity index is 842. The molecule has 1 aromatic heterocycles. The average molecular weight is 319 g/mol. The highest BCUT2D eigenvalue weighted by Gasteiger charge is 2.13. The van der Waals surface area contributed by atoms with E-state index in [0.717, 1.165) is 22.6 Å². The Kier molecular flexibility index (Phi) is 4.54. The molecule has 3 heteroatoms. The predicted molar refractivity (Wildman–Crippen MR) is 100 cm³/mol. The van der Waals surface area contributed by atoms with Gasteiger partial charge in [-0.05, 0) is 43.0 Å². The molecular weight excluding hydrogens is 294 g/mol. The molecule has 0 saturated heterocycles. The van der Waals surface area contributed by atoms with Gasteiger partial charge in [-0.3, -0.25) is 0 Å². The number of hydrogen-bond donors (Lipinski definition) is 1. The summed E-state index contributed by atoms with van der Waals surface area (Å²) < 4.78 is 2.02. The van der Waals surface area contributed by atoms with Crippen molar-refractivity contribution in [3.8, 4) is 16.9 Å². The molecule has 0 atom stereocenters. The van der Waals surface area contributed by atoms with Gasteiger partial charge in [-0.15, -0.1) is 0 Å². The van der Waals surface area contributed by atoms with Crippen molar-refractivity contribution < 1.29 is 0 Å². The van der Waals surface area contributed by atoms with Crippen LogP contribution in [0.5, 0.6) is 0 Å². The van der Waals surface area contributed by atoms with Gasteiger partial charge in [-0.25, -0.2) is 4.68 Å². The molecule has 0 fully saturated rings. The molecule has 0 unspecified atom stereocenters. The molecule has 2 aromatic carbocycles. The Balaban J connectivity index is 2.12. The molecule has 0 spiro atoms. The molecule has 0 bridgehead atoms. The topological polar surface area (TPSA) is 43.8 Å². The number of rotatable bonds is 4. The maximum Gasteiger partial charge on any atom is 0.0771 e. The van der Waals surface area contributed by atoms with Crippen LogP contribution in [-0.2, 0) is 6.54 Å². The van der Waals surface area contributed by atoms with Gasteiger partial charge in [-0.1, -0.05) is 55.8 Å². The molecular formula is C21H25N3. The fourth-order valence-electron chi connectivity index (χ4n) is 3.00. The van der Waals surface area contributed by atoms with E-state index in [1.54, 1.807) is 0 Å². The maximum atomic E-state index is 5.84. The summed E-state index contributed by atoms with van der Waals surface area (Å²) in [6, 6.07) is 17.3. The lowest BCUT2D eigenvalue weighted by atomic mass is 10.0. The third kappa shape index (κ3) is 3.13. The van der Waals surface area contributed by atoms with E-state index in [9.17, 15) is 0 Å². The van der Waals surface area contributed by atoms with E-state index in [0.29, 0.717) is 12.5 Å². The lowest BCUT2D eigenvalue weighted by Gasteiger charge is -2.12. The van der Waals surface area contributed by atoms with Gasteiger partial charge in [0.25, 0.3) is 0 Å². The number of nitrogens with two attached hydrogens (primary N) is 1. The van der Waals surface area contributed by atoms with Crippen LogP contribution in [-0.4, -0.2) is 9.78 Å². The van der Waals surface area contributed by atoms with Crippen molar-refractivity contribution in [2.24, 2.45) is 5.73 Å². The minimum Gasteiger partial charge on any atom is -0.325 e. The normalized spacial score (nSPS) is 11.2. The third-order valence-electron chi connectivity index (χ3n) is 4.42. The summed E-state index contributed by atoms with van der Waals surface area (Å²) in [6.45, 7) is 9.09. The third-order valence-corrected chi connectivity index (χ3v) is 4.42. The molecule has 124 valence electrons. The summed E-state index contributed by atoms with van der Waals surface area (Å²) >= 11 is 0. The van der Waals surface area contributed by atoms with Crippen molar-refractivity contribution >= 4 is 0 Å². The Morgan fingerprint density at radius 2 is 1.71 bits per heavy atom. The van der Waals surface area contributed by atoms with Crippen LogP contribution in [0.3, 0.4) is 0 Å². The first kappa shape index (κ1) is 16.5. The quantitative estimate of drug-likeness (QED) is 0.755. The first-order chi connectivity index (χ1) is 11.5. The van der Waals surface area contributed by atoms with Crippen LogP contribution in [0, 0.1) is 13.8 Å². The van der Waals surface area contributed by atoms with Crippen LogP contribution in [0.1, 0.15) is 42.1 Å². The molecule has 3 nitrogen and oxygen atoms in total. The van der Waals surface area contributed by atoms with Gasteiger partial charge in [0.1, 0.15) is 0 Å². The highest BCUT2D eigenvalue weighted by molar-refractivity contribution is 5.64. The number of hydrogen-bond acceptors (Lipinski definition) is 2. The molecule has 0 aliphatic rings. The monoisotopic (exact) mass is 319 g/mol. The molecule has 0 aliphatic carbocycles. The van der Waals surface area contributed by atoms with Crippen molar-refractivity contribution in [3.63, 3.8) is 0 Å². The molecule has 0 aliphatic heterocycles. The summed E-state index contributed by atoms with van der Waals surface area (Å²) in [5.74, 6) is 0.530. The van der Waals surface area contributed by atoms with Gasteiger partial charge in [0, 0.05) is 12.1 Å². The summed E-state index contributed by atoms with van der Waals surface area (Å²) in [7, 11) is 0. The van der Waals surface area contributed by atoms with Crippen LogP contribution >= 0.6 is 0 Å². The second-order valence-corrected chi connectivity index (χ2v) is 6.70.